The average molecular weight is 413 g/mol. The third-order valence-corrected chi connectivity index (χ3v) is 4.53. The molecule has 156 valence electrons. The van der Waals surface area contributed by atoms with Crippen molar-refractivity contribution in [3.05, 3.63) is 76.3 Å². The second-order valence-corrected chi connectivity index (χ2v) is 6.61. The van der Waals surface area contributed by atoms with Crippen LogP contribution in [-0.4, -0.2) is 32.7 Å². The molecule has 0 amide bonds. The lowest BCUT2D eigenvalue weighted by atomic mass is 10.1. The Labute approximate surface area is 171 Å². The van der Waals surface area contributed by atoms with E-state index in [1.807, 2.05) is 11.5 Å². The number of hydrogen-bond donors (Lipinski definition) is 0. The van der Waals surface area contributed by atoms with Crippen LogP contribution in [0.5, 0.6) is 0 Å². The molecule has 0 saturated carbocycles. The molecule has 0 aliphatic rings. The van der Waals surface area contributed by atoms with Gasteiger partial charge in [-0.05, 0) is 44.2 Å². The molecule has 0 spiro atoms. The largest absolute Gasteiger partial charge is 0.456 e. The first-order valence-corrected chi connectivity index (χ1v) is 9.10. The van der Waals surface area contributed by atoms with Crippen LogP contribution in [0, 0.1) is 19.7 Å². The molecule has 0 saturated heterocycles. The summed E-state index contributed by atoms with van der Waals surface area (Å²) in [6, 6.07) is 6.90. The van der Waals surface area contributed by atoms with Gasteiger partial charge in [-0.2, -0.15) is 4.68 Å². The smallest absolute Gasteiger partial charge is 0.437 e. The maximum atomic E-state index is 13.0. The van der Waals surface area contributed by atoms with Gasteiger partial charge in [-0.25, -0.2) is 9.18 Å². The number of rotatable bonds is 8. The predicted octanol–water partition coefficient (Wildman–Crippen LogP) is 2.67. The van der Waals surface area contributed by atoms with Crippen LogP contribution in [0.25, 0.3) is 11.5 Å². The number of carbonyl (C=O) groups is 2. The first-order chi connectivity index (χ1) is 14.3. The van der Waals surface area contributed by atoms with Crippen molar-refractivity contribution in [1.82, 2.24) is 14.3 Å². The second kappa shape index (κ2) is 8.73. The Bertz CT molecular complexity index is 1150. The molecule has 1 aromatic carbocycles. The monoisotopic (exact) mass is 413 g/mol. The Morgan fingerprint density at radius 1 is 1.27 bits per heavy atom. The summed E-state index contributed by atoms with van der Waals surface area (Å²) in [6.07, 6.45) is 1.73. The highest BCUT2D eigenvalue weighted by Gasteiger charge is 2.18. The fourth-order valence-electron chi connectivity index (χ4n) is 3.00. The summed E-state index contributed by atoms with van der Waals surface area (Å²) in [6.45, 7) is 6.94. The number of esters is 1. The zero-order valence-electron chi connectivity index (χ0n) is 16.6. The molecule has 0 unspecified atom stereocenters. The first-order valence-electron chi connectivity index (χ1n) is 9.10. The fourth-order valence-corrected chi connectivity index (χ4v) is 3.00. The molecule has 0 bridgehead atoms. The van der Waals surface area contributed by atoms with Gasteiger partial charge in [0, 0.05) is 29.1 Å². The number of carbonyl (C=O) groups excluding carboxylic acids is 2. The molecule has 0 aliphatic carbocycles. The van der Waals surface area contributed by atoms with Crippen LogP contribution in [0.4, 0.5) is 4.39 Å². The highest BCUT2D eigenvalue weighted by Crippen LogP contribution is 2.17. The van der Waals surface area contributed by atoms with Crippen LogP contribution in [-0.2, 0) is 22.6 Å². The quantitative estimate of drug-likeness (QED) is 0.320. The number of hydrogen-bond acceptors (Lipinski definition) is 6. The highest BCUT2D eigenvalue weighted by molar-refractivity contribution is 5.99. The summed E-state index contributed by atoms with van der Waals surface area (Å²) in [4.78, 5) is 36.4. The lowest BCUT2D eigenvalue weighted by molar-refractivity contribution is -0.143. The molecule has 0 radical (unpaired) electrons. The molecule has 30 heavy (non-hydrogen) atoms. The van der Waals surface area contributed by atoms with E-state index in [2.05, 4.69) is 11.7 Å². The zero-order chi connectivity index (χ0) is 21.8. The molecule has 3 aromatic rings. The molecule has 0 fully saturated rings. The topological polar surface area (TPSA) is 96.3 Å². The van der Waals surface area contributed by atoms with Crippen LogP contribution >= 0.6 is 0 Å². The maximum Gasteiger partial charge on any atom is 0.437 e. The molecule has 0 N–H and O–H groups in total. The van der Waals surface area contributed by atoms with E-state index in [0.29, 0.717) is 17.7 Å². The number of aromatic nitrogens is 3. The summed E-state index contributed by atoms with van der Waals surface area (Å²) in [5.74, 6) is -2.54. The Hall–Kier alpha value is -3.75. The molecule has 0 aliphatic heterocycles. The van der Waals surface area contributed by atoms with E-state index in [-0.39, 0.29) is 11.7 Å². The van der Waals surface area contributed by atoms with Crippen molar-refractivity contribution in [2.75, 3.05) is 6.61 Å². The van der Waals surface area contributed by atoms with Crippen molar-refractivity contribution in [3.8, 4) is 11.5 Å². The molecular formula is C21H20FN3O5. The number of ketones is 1. The average Bonchev–Trinajstić information content (AvgIpc) is 3.21. The van der Waals surface area contributed by atoms with Crippen molar-refractivity contribution in [2.24, 2.45) is 0 Å². The van der Waals surface area contributed by atoms with E-state index >= 15 is 0 Å². The predicted molar refractivity (Wildman–Crippen MR) is 106 cm³/mol. The SMILES string of the molecule is C=CCn1c(C)cc(C(=O)COC(=O)Cn2nc(-c3ccc(F)cc3)oc2=O)c1C. The number of nitrogens with zero attached hydrogens (tertiary/aromatic N) is 3. The molecule has 9 heteroatoms. The van der Waals surface area contributed by atoms with Crippen molar-refractivity contribution in [2.45, 2.75) is 26.9 Å². The van der Waals surface area contributed by atoms with Crippen molar-refractivity contribution in [3.63, 3.8) is 0 Å². The van der Waals surface area contributed by atoms with Crippen LogP contribution in [0.1, 0.15) is 21.7 Å². The van der Waals surface area contributed by atoms with Gasteiger partial charge in [0.15, 0.2) is 6.61 Å². The van der Waals surface area contributed by atoms with Crippen LogP contribution < -0.4 is 5.76 Å². The Morgan fingerprint density at radius 2 is 1.97 bits per heavy atom. The van der Waals surface area contributed by atoms with Crippen LogP contribution in [0.15, 0.2) is 52.2 Å². The van der Waals surface area contributed by atoms with Gasteiger partial charge in [-0.15, -0.1) is 11.7 Å². The molecule has 2 aromatic heterocycles. The van der Waals surface area contributed by atoms with Crippen LogP contribution in [0.2, 0.25) is 0 Å². The highest BCUT2D eigenvalue weighted by atomic mass is 19.1. The van der Waals surface area contributed by atoms with Gasteiger partial charge in [0.2, 0.25) is 11.7 Å². The molecular weight excluding hydrogens is 393 g/mol. The number of allylic oxidation sites excluding steroid dienone is 1. The van der Waals surface area contributed by atoms with Crippen LogP contribution in [0.3, 0.4) is 0 Å². The fraction of sp³-hybridized carbons (Fsp3) is 0.238. The van der Waals surface area contributed by atoms with Gasteiger partial charge in [0.25, 0.3) is 0 Å². The van der Waals surface area contributed by atoms with E-state index in [9.17, 15) is 18.8 Å². The summed E-state index contributed by atoms with van der Waals surface area (Å²) in [5.41, 5.74) is 2.49. The third kappa shape index (κ3) is 4.45. The van der Waals surface area contributed by atoms with Gasteiger partial charge in [-0.1, -0.05) is 6.08 Å². The number of halogens is 1. The molecule has 0 atom stereocenters. The minimum absolute atomic E-state index is 0.0569. The number of ether oxygens (including phenoxy) is 1. The number of aryl methyl sites for hydroxylation is 1. The molecule has 2 heterocycles. The molecule has 3 rings (SSSR count). The summed E-state index contributed by atoms with van der Waals surface area (Å²) in [5, 5.41) is 3.90. The lowest BCUT2D eigenvalue weighted by Gasteiger charge is -2.06. The van der Waals surface area contributed by atoms with Gasteiger partial charge >= 0.3 is 11.7 Å². The minimum atomic E-state index is -0.870. The number of Topliss-reactive ketones (excluding diaryl/α,β-unsaturated/α-hetero) is 1. The van der Waals surface area contributed by atoms with Gasteiger partial charge < -0.3 is 13.7 Å². The van der Waals surface area contributed by atoms with Crippen molar-refractivity contribution < 1.29 is 23.1 Å². The van der Waals surface area contributed by atoms with Gasteiger partial charge in [-0.3, -0.25) is 9.59 Å². The third-order valence-electron chi connectivity index (χ3n) is 4.53. The summed E-state index contributed by atoms with van der Waals surface area (Å²) >= 11 is 0. The second-order valence-electron chi connectivity index (χ2n) is 6.61. The van der Waals surface area contributed by atoms with E-state index in [1.165, 1.54) is 24.3 Å². The first kappa shape index (κ1) is 21.0. The number of benzene rings is 1. The van der Waals surface area contributed by atoms with Gasteiger partial charge in [0.1, 0.15) is 12.4 Å². The Morgan fingerprint density at radius 3 is 2.63 bits per heavy atom. The Balaban J connectivity index is 1.63. The van der Waals surface area contributed by atoms with E-state index < -0.39 is 30.7 Å². The van der Waals surface area contributed by atoms with E-state index in [4.69, 9.17) is 9.15 Å². The standard InChI is InChI=1S/C21H20FN3O5/c1-4-9-24-13(2)10-17(14(24)3)18(26)12-29-19(27)11-25-21(28)30-20(23-25)15-5-7-16(22)8-6-15/h4-8,10H,1,9,11-12H2,2-3H3. The van der Waals surface area contributed by atoms with Crippen molar-refractivity contribution in [1.29, 1.82) is 0 Å². The lowest BCUT2D eigenvalue weighted by Crippen LogP contribution is -2.24. The normalized spacial score (nSPS) is 10.8. The molecule has 8 nitrogen and oxygen atoms in total. The summed E-state index contributed by atoms with van der Waals surface area (Å²) < 4.78 is 25.7. The van der Waals surface area contributed by atoms with Gasteiger partial charge in [0.05, 0.1) is 0 Å². The summed E-state index contributed by atoms with van der Waals surface area (Å²) in [7, 11) is 0. The minimum Gasteiger partial charge on any atom is -0.456 e. The van der Waals surface area contributed by atoms with E-state index in [1.54, 1.807) is 19.1 Å². The zero-order valence-corrected chi connectivity index (χ0v) is 16.6. The van der Waals surface area contributed by atoms with E-state index in [0.717, 1.165) is 16.1 Å². The van der Waals surface area contributed by atoms with Crippen molar-refractivity contribution >= 4 is 11.8 Å². The Kier molecular flexibility index (Phi) is 6.10. The maximum absolute atomic E-state index is 13.0.